The fourth-order valence-electron chi connectivity index (χ4n) is 11.4. The number of aryl methyl sites for hydroxylation is 7. The normalized spacial score (nSPS) is 13.2. The van der Waals surface area contributed by atoms with E-state index in [0.29, 0.717) is 49.3 Å². The van der Waals surface area contributed by atoms with Crippen molar-refractivity contribution >= 4 is 105 Å². The molecule has 2 aliphatic rings. The highest BCUT2D eigenvalue weighted by molar-refractivity contribution is 7.15. The van der Waals surface area contributed by atoms with Crippen molar-refractivity contribution in [1.29, 1.82) is 0 Å². The molecule has 9 N–H and O–H groups in total. The van der Waals surface area contributed by atoms with Gasteiger partial charge in [-0.05, 0) is 75.3 Å². The van der Waals surface area contributed by atoms with Crippen molar-refractivity contribution in [3.63, 3.8) is 0 Å². The minimum atomic E-state index is -0.638. The molecule has 0 bridgehead atoms. The second-order valence-electron chi connectivity index (χ2n) is 24.4. The van der Waals surface area contributed by atoms with Crippen molar-refractivity contribution in [3.05, 3.63) is 141 Å². The van der Waals surface area contributed by atoms with E-state index >= 15 is 0 Å². The number of carbonyl (C=O) groups is 9. The summed E-state index contributed by atoms with van der Waals surface area (Å²) in [5.74, 6) is 10.1. The highest BCUT2D eigenvalue weighted by Crippen LogP contribution is 2.40. The number of hydrogen-bond acceptors (Lipinski definition) is 18. The summed E-state index contributed by atoms with van der Waals surface area (Å²) in [5, 5.41) is 35.2. The minimum Gasteiger partial charge on any atom is -0.378 e. The maximum atomic E-state index is 13.9. The number of ether oxygens (including phenoxy) is 1. The summed E-state index contributed by atoms with van der Waals surface area (Å²) in [6.07, 6.45) is 10.5. The number of carbonyl (C=O) groups excluding carboxylic acids is 9. The quantitative estimate of drug-likeness (QED) is 0.0248. The first-order chi connectivity index (χ1) is 49.5. The molecule has 538 valence electrons. The number of rotatable bonds is 28. The molecule has 7 aromatic heterocycles. The molecule has 0 spiro atoms. The lowest BCUT2D eigenvalue weighted by molar-refractivity contribution is -0.132. The molecule has 0 aliphatic carbocycles. The largest absolute Gasteiger partial charge is 0.378 e. The van der Waals surface area contributed by atoms with Crippen molar-refractivity contribution in [3.8, 4) is 28.7 Å². The standard InChI is InChI=1S/C69H79ClN22O10S/c1-41-42(2)103-69-58(41)59(45-13-15-46(70)16-14-45)79-49(60-85-84-43(3)92(60)69)36-57(96)91-29-20-44(21-30-91)12-10-9-11-22-71-27-32-102-33-28-72-54(93)17-23-76-66(99)62-82-52(39-89(62)7)80-55(94)18-24-75-65(98)51-35-48(38-88(51)6)78-68(101)63-83-53(40-90(63)8)81-56(95)19-25-74-64(97)50-34-47(37-87(50)5)77-67(100)61-73-26-31-86(61)4/h13-16,26,31,34-35,37-40,44,49,71H,17-25,27-30,32-33,36H2,1-8H3,(H,72,93)(H,74,97)(H,75,98)(H,76,99)(H,77,100)(H,78,101)(H,80,94)(H,81,95)/t49-/m0/s1. The minimum absolute atomic E-state index is 0.0000184. The van der Waals surface area contributed by atoms with Crippen LogP contribution in [0.25, 0.3) is 5.00 Å². The fourth-order valence-corrected chi connectivity index (χ4v) is 12.7. The van der Waals surface area contributed by atoms with Crippen LogP contribution in [0.4, 0.5) is 23.0 Å². The molecular formula is C69H79ClN22O10S. The number of thiophene rings is 1. The number of likely N-dealkylation sites (tertiary alicyclic amines) is 1. The maximum Gasteiger partial charge on any atom is 0.291 e. The number of nitrogens with one attached hydrogen (secondary N) is 9. The van der Waals surface area contributed by atoms with Crippen molar-refractivity contribution in [2.75, 3.05) is 86.8 Å². The lowest BCUT2D eigenvalue weighted by Crippen LogP contribution is -2.38. The molecule has 2 aliphatic heterocycles. The van der Waals surface area contributed by atoms with Gasteiger partial charge < -0.3 is 80.3 Å². The highest BCUT2D eigenvalue weighted by atomic mass is 35.5. The monoisotopic (exact) mass is 1440 g/mol. The summed E-state index contributed by atoms with van der Waals surface area (Å²) in [6, 6.07) is 10.0. The third-order valence-corrected chi connectivity index (χ3v) is 18.3. The van der Waals surface area contributed by atoms with Crippen LogP contribution >= 0.6 is 22.9 Å². The van der Waals surface area contributed by atoms with E-state index in [1.807, 2.05) is 36.1 Å². The van der Waals surface area contributed by atoms with Gasteiger partial charge in [0.2, 0.25) is 35.3 Å². The molecule has 0 saturated carbocycles. The van der Waals surface area contributed by atoms with Crippen LogP contribution in [-0.2, 0) is 59.2 Å². The number of fused-ring (bicyclic) bond motifs is 3. The summed E-state index contributed by atoms with van der Waals surface area (Å²) in [5.41, 5.74) is 4.94. The predicted molar refractivity (Wildman–Crippen MR) is 384 cm³/mol. The number of imidazole rings is 3. The van der Waals surface area contributed by atoms with Gasteiger partial charge in [-0.2, -0.15) is 0 Å². The number of aromatic nitrogens is 11. The molecule has 0 radical (unpaired) electrons. The Morgan fingerprint density at radius 3 is 1.80 bits per heavy atom. The van der Waals surface area contributed by atoms with E-state index in [1.54, 1.807) is 63.5 Å². The number of anilines is 4. The third-order valence-electron chi connectivity index (χ3n) is 16.8. The van der Waals surface area contributed by atoms with Crippen LogP contribution < -0.4 is 47.9 Å². The van der Waals surface area contributed by atoms with Crippen LogP contribution in [0.1, 0.15) is 131 Å². The van der Waals surface area contributed by atoms with Crippen LogP contribution in [-0.4, -0.2) is 182 Å². The number of halogens is 1. The van der Waals surface area contributed by atoms with Gasteiger partial charge in [0.1, 0.15) is 28.3 Å². The molecule has 8 aromatic rings. The SMILES string of the molecule is Cc1sc2c(c1C)C(c1ccc(Cl)cc1)=N[C@@H](CC(=O)N1CCC(C#CC#CCNCCOCCNC(=O)CCNC(=O)c3nc(NC(=O)CCNC(=O)c4cc(NC(=O)c5nc(NC(=O)CCNC(=O)c6cc(NC(=O)c7nccn7C)cn6C)cn5C)cn4C)cn3C)CC1)c1nnc(C)n1-2. The van der Waals surface area contributed by atoms with Crippen molar-refractivity contribution in [1.82, 2.24) is 84.0 Å². The van der Waals surface area contributed by atoms with Gasteiger partial charge in [0, 0.05) is 164 Å². The molecule has 1 saturated heterocycles. The van der Waals surface area contributed by atoms with Gasteiger partial charge in [0.15, 0.2) is 23.3 Å². The molecular weight excluding hydrogens is 1360 g/mol. The molecule has 1 fully saturated rings. The van der Waals surface area contributed by atoms with Gasteiger partial charge in [-0.25, -0.2) is 15.0 Å². The lowest BCUT2D eigenvalue weighted by atomic mass is 9.97. The van der Waals surface area contributed by atoms with Crippen LogP contribution in [0.15, 0.2) is 78.6 Å². The summed E-state index contributed by atoms with van der Waals surface area (Å²) < 4.78 is 15.1. The zero-order valence-corrected chi connectivity index (χ0v) is 59.7. The Hall–Kier alpha value is -11.5. The summed E-state index contributed by atoms with van der Waals surface area (Å²) in [7, 11) is 8.05. The van der Waals surface area contributed by atoms with Crippen molar-refractivity contribution < 1.29 is 47.9 Å². The first-order valence-corrected chi connectivity index (χ1v) is 34.3. The number of benzene rings is 1. The second-order valence-corrected chi connectivity index (χ2v) is 26.1. The molecule has 1 atom stereocenters. The van der Waals surface area contributed by atoms with E-state index in [1.165, 1.54) is 60.1 Å². The van der Waals surface area contributed by atoms with E-state index in [9.17, 15) is 43.2 Å². The first-order valence-electron chi connectivity index (χ1n) is 33.1. The average molecular weight is 1440 g/mol. The summed E-state index contributed by atoms with van der Waals surface area (Å²) in [4.78, 5) is 138. The number of nitrogens with zero attached hydrogens (tertiary/aromatic N) is 13. The van der Waals surface area contributed by atoms with Gasteiger partial charge in [0.05, 0.1) is 43.3 Å². The fraction of sp³-hybridized carbons (Fsp3) is 0.377. The Morgan fingerprint density at radius 1 is 0.621 bits per heavy atom. The Morgan fingerprint density at radius 2 is 1.19 bits per heavy atom. The predicted octanol–water partition coefficient (Wildman–Crippen LogP) is 3.88. The molecule has 9 amide bonds. The number of aliphatic imine (C=N–C) groups is 1. The van der Waals surface area contributed by atoms with Crippen molar-refractivity contribution in [2.45, 2.75) is 65.3 Å². The van der Waals surface area contributed by atoms with E-state index in [-0.39, 0.29) is 122 Å². The molecule has 10 rings (SSSR count). The third kappa shape index (κ3) is 19.1. The highest BCUT2D eigenvalue weighted by Gasteiger charge is 2.34. The summed E-state index contributed by atoms with van der Waals surface area (Å²) >= 11 is 7.95. The zero-order valence-electron chi connectivity index (χ0n) is 58.1. The number of hydrogen-bond donors (Lipinski definition) is 9. The van der Waals surface area contributed by atoms with E-state index in [2.05, 4.69) is 115 Å². The molecule has 34 heteroatoms. The van der Waals surface area contributed by atoms with Crippen LogP contribution in [0.5, 0.6) is 0 Å². The van der Waals surface area contributed by atoms with Crippen LogP contribution in [0, 0.1) is 50.4 Å². The number of piperidine rings is 1. The van der Waals surface area contributed by atoms with E-state index in [4.69, 9.17) is 21.3 Å². The van der Waals surface area contributed by atoms with Crippen LogP contribution in [0.2, 0.25) is 5.02 Å². The lowest BCUT2D eigenvalue weighted by Gasteiger charge is -2.30. The Kier molecular flexibility index (Phi) is 24.7. The average Bonchev–Trinajstić information content (AvgIpc) is 1.52. The smallest absolute Gasteiger partial charge is 0.291 e. The molecule has 0 unspecified atom stereocenters. The topological polar surface area (TPSA) is 381 Å². The van der Waals surface area contributed by atoms with E-state index in [0.717, 1.165) is 46.1 Å². The first kappa shape index (κ1) is 74.2. The Bertz CT molecular complexity index is 4690. The molecule has 103 heavy (non-hydrogen) atoms. The molecule has 1 aromatic carbocycles. The summed E-state index contributed by atoms with van der Waals surface area (Å²) in [6.45, 7) is 9.10. The van der Waals surface area contributed by atoms with Gasteiger partial charge in [-0.15, -0.1) is 21.5 Å². The van der Waals surface area contributed by atoms with Gasteiger partial charge >= 0.3 is 0 Å². The van der Waals surface area contributed by atoms with Crippen LogP contribution in [0.3, 0.4) is 0 Å². The molecule has 9 heterocycles. The molecule has 32 nitrogen and oxygen atoms in total. The van der Waals surface area contributed by atoms with Gasteiger partial charge in [-0.1, -0.05) is 35.6 Å². The van der Waals surface area contributed by atoms with Crippen molar-refractivity contribution in [2.24, 2.45) is 46.1 Å². The maximum absolute atomic E-state index is 13.9. The second kappa shape index (κ2) is 34.2. The Labute approximate surface area is 601 Å². The van der Waals surface area contributed by atoms with Gasteiger partial charge in [0.25, 0.3) is 29.5 Å². The Balaban J connectivity index is 0.548. The van der Waals surface area contributed by atoms with E-state index < -0.39 is 47.4 Å². The van der Waals surface area contributed by atoms with Gasteiger partial charge in [-0.3, -0.25) is 52.7 Å². The zero-order chi connectivity index (χ0) is 73.4. The number of amides is 9.